The number of benzene rings is 1. The number of anilines is 1. The molecular formula is C19H22N2O4S. The Hall–Kier alpha value is -2.67. The van der Waals surface area contributed by atoms with E-state index >= 15 is 0 Å². The Morgan fingerprint density at radius 1 is 1.19 bits per heavy atom. The van der Waals surface area contributed by atoms with Gasteiger partial charge in [-0.1, -0.05) is 37.3 Å². The Bertz CT molecular complexity index is 814. The minimum atomic E-state index is -0.697. The lowest BCUT2D eigenvalue weighted by Crippen LogP contribution is -2.22. The summed E-state index contributed by atoms with van der Waals surface area (Å²) in [6.45, 7) is 5.45. The summed E-state index contributed by atoms with van der Waals surface area (Å²) in [5, 5.41) is 3.05. The first-order valence-corrected chi connectivity index (χ1v) is 9.18. The Kier molecular flexibility index (Phi) is 6.52. The summed E-state index contributed by atoms with van der Waals surface area (Å²) in [5.41, 5.74) is 6.91. The van der Waals surface area contributed by atoms with Crippen molar-refractivity contribution in [3.63, 3.8) is 0 Å². The summed E-state index contributed by atoms with van der Waals surface area (Å²) in [6, 6.07) is 9.38. The fraction of sp³-hybridized carbons (Fsp3) is 0.316. The number of hydrogen-bond donors (Lipinski definition) is 2. The molecule has 0 saturated carbocycles. The van der Waals surface area contributed by atoms with Crippen LogP contribution in [0.1, 0.15) is 57.3 Å². The van der Waals surface area contributed by atoms with E-state index in [4.69, 9.17) is 10.5 Å². The van der Waals surface area contributed by atoms with Crippen LogP contribution >= 0.6 is 11.3 Å². The number of esters is 1. The molecule has 0 fully saturated rings. The van der Waals surface area contributed by atoms with E-state index in [0.717, 1.165) is 16.9 Å². The molecule has 0 unspecified atom stereocenters. The van der Waals surface area contributed by atoms with Gasteiger partial charge in [-0.15, -0.1) is 11.3 Å². The van der Waals surface area contributed by atoms with Gasteiger partial charge < -0.3 is 15.8 Å². The lowest BCUT2D eigenvalue weighted by Gasteiger charge is -2.15. The molecule has 0 aliphatic carbocycles. The summed E-state index contributed by atoms with van der Waals surface area (Å²) in [6.07, 6.45) is 0.594. The topological polar surface area (TPSA) is 98.5 Å². The number of carbonyl (C=O) groups excluding carboxylic acids is 3. The fourth-order valence-corrected chi connectivity index (χ4v) is 3.86. The van der Waals surface area contributed by atoms with Crippen LogP contribution in [0.15, 0.2) is 30.3 Å². The quantitative estimate of drug-likeness (QED) is 0.725. The van der Waals surface area contributed by atoms with Gasteiger partial charge in [-0.2, -0.15) is 0 Å². The van der Waals surface area contributed by atoms with E-state index in [0.29, 0.717) is 12.0 Å². The zero-order valence-corrected chi connectivity index (χ0v) is 15.8. The largest absolute Gasteiger partial charge is 0.462 e. The van der Waals surface area contributed by atoms with Crippen molar-refractivity contribution in [2.75, 3.05) is 11.9 Å². The molecule has 0 aliphatic rings. The second kappa shape index (κ2) is 8.62. The monoisotopic (exact) mass is 374 g/mol. The molecule has 1 aromatic carbocycles. The summed E-state index contributed by atoms with van der Waals surface area (Å²) >= 11 is 1.01. The van der Waals surface area contributed by atoms with Crippen molar-refractivity contribution < 1.29 is 19.1 Å². The van der Waals surface area contributed by atoms with Crippen LogP contribution < -0.4 is 11.1 Å². The van der Waals surface area contributed by atoms with E-state index in [1.165, 1.54) is 0 Å². The normalized spacial score (nSPS) is 11.7. The Morgan fingerprint density at radius 3 is 2.38 bits per heavy atom. The van der Waals surface area contributed by atoms with Crippen molar-refractivity contribution in [1.29, 1.82) is 0 Å². The molecule has 0 bridgehead atoms. The number of ether oxygens (including phenoxy) is 1. The average molecular weight is 374 g/mol. The van der Waals surface area contributed by atoms with Crippen LogP contribution in [-0.4, -0.2) is 24.4 Å². The first-order chi connectivity index (χ1) is 12.4. The van der Waals surface area contributed by atoms with E-state index < -0.39 is 11.9 Å². The molecule has 1 heterocycles. The highest BCUT2D eigenvalue weighted by Crippen LogP contribution is 2.34. The second-order valence-corrected chi connectivity index (χ2v) is 6.73. The standard InChI is InChI=1S/C19H22N2O4S/c1-4-13(12-9-7-6-8-10-12)17(23)21-18-14(16(20)22)11(3)15(26-18)19(24)25-5-2/h6-10,13H,4-5H2,1-3H3,(H2,20,22)(H,21,23)/t13-/m0/s1. The lowest BCUT2D eigenvalue weighted by molar-refractivity contribution is -0.117. The molecule has 26 heavy (non-hydrogen) atoms. The van der Waals surface area contributed by atoms with Gasteiger partial charge in [0.15, 0.2) is 0 Å². The smallest absolute Gasteiger partial charge is 0.348 e. The lowest BCUT2D eigenvalue weighted by atomic mass is 9.95. The minimum Gasteiger partial charge on any atom is -0.462 e. The molecule has 3 N–H and O–H groups in total. The molecule has 7 heteroatoms. The Labute approximate surface area is 156 Å². The van der Waals surface area contributed by atoms with Crippen molar-refractivity contribution in [2.45, 2.75) is 33.1 Å². The molecular weight excluding hydrogens is 352 g/mol. The van der Waals surface area contributed by atoms with Gasteiger partial charge in [0.1, 0.15) is 9.88 Å². The Balaban J connectivity index is 2.35. The number of nitrogens with one attached hydrogen (secondary N) is 1. The third kappa shape index (κ3) is 4.11. The van der Waals surface area contributed by atoms with Crippen LogP contribution in [0.3, 0.4) is 0 Å². The summed E-state index contributed by atoms with van der Waals surface area (Å²) < 4.78 is 5.01. The Morgan fingerprint density at radius 2 is 1.85 bits per heavy atom. The summed E-state index contributed by atoms with van der Waals surface area (Å²) in [4.78, 5) is 37.0. The SMILES string of the molecule is CCOC(=O)c1sc(NC(=O)[C@@H](CC)c2ccccc2)c(C(N)=O)c1C. The number of primary amides is 1. The van der Waals surface area contributed by atoms with E-state index in [-0.39, 0.29) is 33.9 Å². The van der Waals surface area contributed by atoms with E-state index in [1.54, 1.807) is 13.8 Å². The number of rotatable bonds is 7. The maximum atomic E-state index is 12.8. The molecule has 138 valence electrons. The van der Waals surface area contributed by atoms with Crippen LogP contribution in [0.4, 0.5) is 5.00 Å². The molecule has 0 aliphatic heterocycles. The van der Waals surface area contributed by atoms with Crippen LogP contribution in [0.2, 0.25) is 0 Å². The number of amides is 2. The van der Waals surface area contributed by atoms with Crippen molar-refractivity contribution in [3.8, 4) is 0 Å². The minimum absolute atomic E-state index is 0.148. The zero-order valence-electron chi connectivity index (χ0n) is 15.0. The van der Waals surface area contributed by atoms with Crippen molar-refractivity contribution in [2.24, 2.45) is 5.73 Å². The molecule has 0 radical (unpaired) electrons. The first kappa shape index (κ1) is 19.7. The molecule has 1 atom stereocenters. The van der Waals surface area contributed by atoms with E-state index in [2.05, 4.69) is 5.32 Å². The highest BCUT2D eigenvalue weighted by molar-refractivity contribution is 7.18. The van der Waals surface area contributed by atoms with Crippen molar-refractivity contribution >= 4 is 34.1 Å². The molecule has 2 rings (SSSR count). The van der Waals surface area contributed by atoms with Gasteiger partial charge in [0.2, 0.25) is 5.91 Å². The zero-order chi connectivity index (χ0) is 19.3. The second-order valence-electron chi connectivity index (χ2n) is 5.71. The number of carbonyl (C=O) groups is 3. The van der Waals surface area contributed by atoms with Gasteiger partial charge in [-0.3, -0.25) is 9.59 Å². The highest BCUT2D eigenvalue weighted by Gasteiger charge is 2.27. The van der Waals surface area contributed by atoms with Crippen molar-refractivity contribution in [1.82, 2.24) is 0 Å². The summed E-state index contributed by atoms with van der Waals surface area (Å²) in [7, 11) is 0. The predicted octanol–water partition coefficient (Wildman–Crippen LogP) is 3.46. The summed E-state index contributed by atoms with van der Waals surface area (Å²) in [5.74, 6) is -1.85. The molecule has 0 saturated heterocycles. The molecule has 1 aromatic heterocycles. The molecule has 2 aromatic rings. The maximum absolute atomic E-state index is 12.8. The number of thiophene rings is 1. The van der Waals surface area contributed by atoms with E-state index in [9.17, 15) is 14.4 Å². The average Bonchev–Trinajstić information content (AvgIpc) is 2.93. The van der Waals surface area contributed by atoms with Crippen LogP contribution in [0, 0.1) is 6.92 Å². The first-order valence-electron chi connectivity index (χ1n) is 8.36. The number of hydrogen-bond acceptors (Lipinski definition) is 5. The fourth-order valence-electron chi connectivity index (χ4n) is 2.75. The maximum Gasteiger partial charge on any atom is 0.348 e. The van der Waals surface area contributed by atoms with Gasteiger partial charge in [0.25, 0.3) is 5.91 Å². The van der Waals surface area contributed by atoms with E-state index in [1.807, 2.05) is 37.3 Å². The third-order valence-corrected chi connectivity index (χ3v) is 5.20. The van der Waals surface area contributed by atoms with Gasteiger partial charge in [0.05, 0.1) is 18.1 Å². The van der Waals surface area contributed by atoms with Crippen LogP contribution in [-0.2, 0) is 9.53 Å². The van der Waals surface area contributed by atoms with Crippen LogP contribution in [0.5, 0.6) is 0 Å². The predicted molar refractivity (Wildman–Crippen MR) is 102 cm³/mol. The van der Waals surface area contributed by atoms with Gasteiger partial charge in [-0.05, 0) is 31.4 Å². The molecule has 0 spiro atoms. The van der Waals surface area contributed by atoms with Gasteiger partial charge in [0, 0.05) is 0 Å². The van der Waals surface area contributed by atoms with Crippen molar-refractivity contribution in [3.05, 3.63) is 51.9 Å². The molecule has 2 amide bonds. The highest BCUT2D eigenvalue weighted by atomic mass is 32.1. The third-order valence-electron chi connectivity index (χ3n) is 4.02. The number of nitrogens with two attached hydrogens (primary N) is 1. The van der Waals surface area contributed by atoms with Crippen LogP contribution in [0.25, 0.3) is 0 Å². The molecule has 6 nitrogen and oxygen atoms in total. The van der Waals surface area contributed by atoms with Gasteiger partial charge in [-0.25, -0.2) is 4.79 Å². The van der Waals surface area contributed by atoms with Gasteiger partial charge >= 0.3 is 5.97 Å².